The first-order valence-electron chi connectivity index (χ1n) is 5.36. The van der Waals surface area contributed by atoms with Crippen molar-refractivity contribution in [1.29, 1.82) is 0 Å². The Morgan fingerprint density at radius 2 is 2.47 bits per heavy atom. The van der Waals surface area contributed by atoms with Gasteiger partial charge in [-0.2, -0.15) is 0 Å². The third-order valence-electron chi connectivity index (χ3n) is 2.66. The third-order valence-corrected chi connectivity index (χ3v) is 4.14. The molecular weight excluding hydrogens is 208 g/mol. The zero-order valence-corrected chi connectivity index (χ0v) is 9.50. The lowest BCUT2D eigenvalue weighted by Gasteiger charge is -2.21. The molecule has 1 aliphatic heterocycles. The van der Waals surface area contributed by atoms with Gasteiger partial charge < -0.3 is 5.32 Å². The smallest absolute Gasteiger partial charge is 0.127 e. The quantitative estimate of drug-likeness (QED) is 0.838. The number of hydrogen-bond donors (Lipinski definition) is 1. The maximum absolute atomic E-state index is 11.9. The Morgan fingerprint density at radius 1 is 1.53 bits per heavy atom. The van der Waals surface area contributed by atoms with Crippen molar-refractivity contribution in [3.8, 4) is 0 Å². The number of rotatable bonds is 3. The van der Waals surface area contributed by atoms with Crippen LogP contribution < -0.4 is 5.32 Å². The Balaban J connectivity index is 1.91. The fraction of sp³-hybridized carbons (Fsp3) is 0.545. The minimum atomic E-state index is -0.932. The molecule has 1 aliphatic rings. The summed E-state index contributed by atoms with van der Waals surface area (Å²) in [6, 6.07) is 5.58. The van der Waals surface area contributed by atoms with Gasteiger partial charge in [-0.1, -0.05) is 6.07 Å². The molecule has 1 aromatic heterocycles. The molecule has 1 fully saturated rings. The highest BCUT2D eigenvalue weighted by molar-refractivity contribution is 7.84. The van der Waals surface area contributed by atoms with Crippen LogP contribution in [0.1, 0.15) is 12.8 Å². The van der Waals surface area contributed by atoms with E-state index in [0.717, 1.165) is 18.8 Å². The van der Waals surface area contributed by atoms with Gasteiger partial charge >= 0.3 is 0 Å². The lowest BCUT2D eigenvalue weighted by molar-refractivity contribution is 0.408. The minimum absolute atomic E-state index is 0.543. The van der Waals surface area contributed by atoms with Gasteiger partial charge in [0.1, 0.15) is 5.03 Å². The Kier molecular flexibility index (Phi) is 3.86. The van der Waals surface area contributed by atoms with Crippen LogP contribution >= 0.6 is 0 Å². The molecule has 82 valence electrons. The molecule has 0 unspecified atom stereocenters. The van der Waals surface area contributed by atoms with Crippen molar-refractivity contribution >= 4 is 10.8 Å². The van der Waals surface area contributed by atoms with E-state index in [-0.39, 0.29) is 0 Å². The van der Waals surface area contributed by atoms with Gasteiger partial charge in [-0.05, 0) is 44.0 Å². The number of pyridine rings is 1. The van der Waals surface area contributed by atoms with Gasteiger partial charge in [0.15, 0.2) is 0 Å². The maximum Gasteiger partial charge on any atom is 0.127 e. The van der Waals surface area contributed by atoms with Gasteiger partial charge in [-0.3, -0.25) is 4.21 Å². The van der Waals surface area contributed by atoms with Crippen LogP contribution in [0.3, 0.4) is 0 Å². The number of piperidine rings is 1. The molecule has 1 N–H and O–H groups in total. The van der Waals surface area contributed by atoms with Gasteiger partial charge in [0, 0.05) is 11.9 Å². The fourth-order valence-corrected chi connectivity index (χ4v) is 3.14. The Hall–Kier alpha value is -0.740. The number of hydrogen-bond acceptors (Lipinski definition) is 3. The van der Waals surface area contributed by atoms with E-state index in [2.05, 4.69) is 10.3 Å². The van der Waals surface area contributed by atoms with E-state index in [1.54, 1.807) is 6.20 Å². The SMILES string of the molecule is O=[S@@](C[C@H]1CCCNC1)c1ccccn1. The monoisotopic (exact) mass is 224 g/mol. The summed E-state index contributed by atoms with van der Waals surface area (Å²) in [5.74, 6) is 1.28. The van der Waals surface area contributed by atoms with Crippen LogP contribution in [0, 0.1) is 5.92 Å². The predicted molar refractivity (Wildman–Crippen MR) is 61.1 cm³/mol. The zero-order valence-electron chi connectivity index (χ0n) is 8.69. The number of nitrogens with zero attached hydrogens (tertiary/aromatic N) is 1. The van der Waals surface area contributed by atoms with Crippen LogP contribution in [0.5, 0.6) is 0 Å². The van der Waals surface area contributed by atoms with Crippen molar-refractivity contribution in [3.05, 3.63) is 24.4 Å². The maximum atomic E-state index is 11.9. The molecule has 2 heterocycles. The second kappa shape index (κ2) is 5.37. The summed E-state index contributed by atoms with van der Waals surface area (Å²) in [6.07, 6.45) is 4.09. The average molecular weight is 224 g/mol. The van der Waals surface area contributed by atoms with Gasteiger partial charge in [0.05, 0.1) is 10.8 Å². The normalized spacial score (nSPS) is 23.6. The van der Waals surface area contributed by atoms with Crippen molar-refractivity contribution in [3.63, 3.8) is 0 Å². The summed E-state index contributed by atoms with van der Waals surface area (Å²) >= 11 is 0. The Bertz CT molecular complexity index is 323. The standard InChI is InChI=1S/C11H16N2OS/c14-15(11-5-1-2-7-13-11)9-10-4-3-6-12-8-10/h1-2,5,7,10,12H,3-4,6,8-9H2/t10-,15-/m0/s1. The molecule has 4 heteroatoms. The highest BCUT2D eigenvalue weighted by Crippen LogP contribution is 2.14. The predicted octanol–water partition coefficient (Wildman–Crippen LogP) is 1.19. The summed E-state index contributed by atoms with van der Waals surface area (Å²) in [4.78, 5) is 4.12. The van der Waals surface area contributed by atoms with Crippen molar-refractivity contribution in [2.24, 2.45) is 5.92 Å². The van der Waals surface area contributed by atoms with Gasteiger partial charge in [-0.25, -0.2) is 4.98 Å². The first kappa shape index (κ1) is 10.8. The summed E-state index contributed by atoms with van der Waals surface area (Å²) in [6.45, 7) is 2.10. The highest BCUT2D eigenvalue weighted by Gasteiger charge is 2.17. The van der Waals surface area contributed by atoms with E-state index in [1.807, 2.05) is 18.2 Å². The van der Waals surface area contributed by atoms with Crippen molar-refractivity contribution in [2.75, 3.05) is 18.8 Å². The van der Waals surface area contributed by atoms with E-state index in [1.165, 1.54) is 12.8 Å². The van der Waals surface area contributed by atoms with Crippen LogP contribution in [0.15, 0.2) is 29.4 Å². The van der Waals surface area contributed by atoms with Crippen LogP contribution in [0.4, 0.5) is 0 Å². The summed E-state index contributed by atoms with van der Waals surface area (Å²) < 4.78 is 11.9. The number of nitrogens with one attached hydrogen (secondary N) is 1. The first-order valence-corrected chi connectivity index (χ1v) is 6.68. The van der Waals surface area contributed by atoms with Crippen molar-refractivity contribution < 1.29 is 4.21 Å². The van der Waals surface area contributed by atoms with Gasteiger partial charge in [-0.15, -0.1) is 0 Å². The second-order valence-electron chi connectivity index (χ2n) is 3.89. The van der Waals surface area contributed by atoms with Crippen LogP contribution in [-0.4, -0.2) is 28.0 Å². The topological polar surface area (TPSA) is 42.0 Å². The summed E-state index contributed by atoms with van der Waals surface area (Å²) in [5.41, 5.74) is 0. The molecule has 0 amide bonds. The van der Waals surface area contributed by atoms with Crippen LogP contribution in [-0.2, 0) is 10.8 Å². The Labute approximate surface area is 92.8 Å². The lowest BCUT2D eigenvalue weighted by atomic mass is 10.0. The average Bonchev–Trinajstić information content (AvgIpc) is 2.31. The largest absolute Gasteiger partial charge is 0.316 e. The van der Waals surface area contributed by atoms with Gasteiger partial charge in [0.2, 0.25) is 0 Å². The molecule has 1 aromatic rings. The Morgan fingerprint density at radius 3 is 3.13 bits per heavy atom. The molecule has 0 bridgehead atoms. The molecule has 1 saturated heterocycles. The van der Waals surface area contributed by atoms with E-state index >= 15 is 0 Å². The molecule has 0 aliphatic carbocycles. The van der Waals surface area contributed by atoms with E-state index in [9.17, 15) is 4.21 Å². The van der Waals surface area contributed by atoms with E-state index < -0.39 is 10.8 Å². The second-order valence-corrected chi connectivity index (χ2v) is 5.34. The fourth-order valence-electron chi connectivity index (χ4n) is 1.85. The molecule has 0 aromatic carbocycles. The third kappa shape index (κ3) is 3.11. The highest BCUT2D eigenvalue weighted by atomic mass is 32.2. The minimum Gasteiger partial charge on any atom is -0.316 e. The van der Waals surface area contributed by atoms with Crippen LogP contribution in [0.2, 0.25) is 0 Å². The van der Waals surface area contributed by atoms with Gasteiger partial charge in [0.25, 0.3) is 0 Å². The number of aromatic nitrogens is 1. The summed E-state index contributed by atoms with van der Waals surface area (Å²) in [7, 11) is -0.932. The van der Waals surface area contributed by atoms with E-state index in [4.69, 9.17) is 0 Å². The first-order chi connectivity index (χ1) is 7.36. The molecular formula is C11H16N2OS. The molecule has 3 nitrogen and oxygen atoms in total. The molecule has 0 radical (unpaired) electrons. The zero-order chi connectivity index (χ0) is 10.5. The lowest BCUT2D eigenvalue weighted by Crippen LogP contribution is -2.32. The molecule has 2 atom stereocenters. The molecule has 15 heavy (non-hydrogen) atoms. The molecule has 0 spiro atoms. The van der Waals surface area contributed by atoms with Crippen LogP contribution in [0.25, 0.3) is 0 Å². The summed E-state index contributed by atoms with van der Waals surface area (Å²) in [5, 5.41) is 4.05. The van der Waals surface area contributed by atoms with Crippen molar-refractivity contribution in [1.82, 2.24) is 10.3 Å². The molecule has 0 saturated carbocycles. The molecule has 2 rings (SSSR count). The van der Waals surface area contributed by atoms with Crippen molar-refractivity contribution in [2.45, 2.75) is 17.9 Å². The van der Waals surface area contributed by atoms with E-state index in [0.29, 0.717) is 10.9 Å².